The van der Waals surface area contributed by atoms with E-state index in [1.54, 1.807) is 0 Å². The number of hydrogen-bond donors (Lipinski definition) is 0. The molecule has 92 valence electrons. The fourth-order valence-corrected chi connectivity index (χ4v) is 1.71. The Morgan fingerprint density at radius 2 is 1.76 bits per heavy atom. The summed E-state index contributed by atoms with van der Waals surface area (Å²) in [4.78, 5) is 0. The molecule has 17 heavy (non-hydrogen) atoms. The summed E-state index contributed by atoms with van der Waals surface area (Å²) in [6.45, 7) is 9.21. The molecule has 0 aliphatic heterocycles. The number of ether oxygens (including phenoxy) is 1. The molecule has 1 aromatic rings. The molecule has 1 aromatic carbocycles. The maximum absolute atomic E-state index is 5.44. The van der Waals surface area contributed by atoms with Crippen molar-refractivity contribution in [3.05, 3.63) is 29.8 Å². The van der Waals surface area contributed by atoms with Gasteiger partial charge in [0.15, 0.2) is 0 Å². The summed E-state index contributed by atoms with van der Waals surface area (Å²) in [5.41, 5.74) is 1.33. The highest BCUT2D eigenvalue weighted by atomic mass is 16.5. The first-order chi connectivity index (χ1) is 8.19. The van der Waals surface area contributed by atoms with Crippen molar-refractivity contribution in [2.75, 3.05) is 6.61 Å². The molecule has 0 fully saturated rings. The van der Waals surface area contributed by atoms with Crippen LogP contribution in [0, 0.1) is 17.8 Å². The molecular formula is C16H22O. The highest BCUT2D eigenvalue weighted by molar-refractivity contribution is 5.30. The topological polar surface area (TPSA) is 9.23 Å². The molecular weight excluding hydrogens is 208 g/mol. The molecule has 0 radical (unpaired) electrons. The zero-order chi connectivity index (χ0) is 12.7. The van der Waals surface area contributed by atoms with Gasteiger partial charge in [-0.3, -0.25) is 0 Å². The second-order valence-electron chi connectivity index (χ2n) is 4.25. The average molecular weight is 230 g/mol. The smallest absolute Gasteiger partial charge is 0.119 e. The summed E-state index contributed by atoms with van der Waals surface area (Å²) in [6, 6.07) is 8.35. The molecule has 2 unspecified atom stereocenters. The predicted molar refractivity (Wildman–Crippen MR) is 73.3 cm³/mol. The van der Waals surface area contributed by atoms with Crippen LogP contribution in [0.3, 0.4) is 0 Å². The summed E-state index contributed by atoms with van der Waals surface area (Å²) in [7, 11) is 0. The van der Waals surface area contributed by atoms with Crippen LogP contribution in [-0.4, -0.2) is 6.61 Å². The van der Waals surface area contributed by atoms with Crippen molar-refractivity contribution < 1.29 is 4.74 Å². The Morgan fingerprint density at radius 3 is 2.29 bits per heavy atom. The Labute approximate surface area is 105 Å². The number of rotatable bonds is 4. The lowest BCUT2D eigenvalue weighted by Gasteiger charge is -2.15. The van der Waals surface area contributed by atoms with Crippen molar-refractivity contribution in [1.82, 2.24) is 0 Å². The van der Waals surface area contributed by atoms with Crippen molar-refractivity contribution in [2.45, 2.75) is 40.0 Å². The van der Waals surface area contributed by atoms with Gasteiger partial charge in [0.25, 0.3) is 0 Å². The van der Waals surface area contributed by atoms with Crippen LogP contribution in [-0.2, 0) is 0 Å². The maximum atomic E-state index is 5.44. The van der Waals surface area contributed by atoms with Gasteiger partial charge in [-0.1, -0.05) is 38.8 Å². The van der Waals surface area contributed by atoms with Crippen molar-refractivity contribution in [2.24, 2.45) is 5.92 Å². The van der Waals surface area contributed by atoms with E-state index in [1.807, 2.05) is 19.1 Å². The molecule has 0 saturated heterocycles. The first-order valence-electron chi connectivity index (χ1n) is 6.40. The average Bonchev–Trinajstić information content (AvgIpc) is 2.36. The Kier molecular flexibility index (Phi) is 5.63. The minimum absolute atomic E-state index is 0.396. The van der Waals surface area contributed by atoms with Gasteiger partial charge in [0.1, 0.15) is 5.75 Å². The Morgan fingerprint density at radius 1 is 1.12 bits per heavy atom. The van der Waals surface area contributed by atoms with E-state index in [0.717, 1.165) is 12.2 Å². The van der Waals surface area contributed by atoms with Gasteiger partial charge in [0.2, 0.25) is 0 Å². The monoisotopic (exact) mass is 230 g/mol. The van der Waals surface area contributed by atoms with E-state index >= 15 is 0 Å². The molecule has 0 aliphatic carbocycles. The van der Waals surface area contributed by atoms with E-state index in [1.165, 1.54) is 5.56 Å². The molecule has 2 atom stereocenters. The lowest BCUT2D eigenvalue weighted by molar-refractivity contribution is 0.340. The number of benzene rings is 1. The minimum atomic E-state index is 0.396. The summed E-state index contributed by atoms with van der Waals surface area (Å²) in [5, 5.41) is 0. The van der Waals surface area contributed by atoms with Crippen LogP contribution in [0.2, 0.25) is 0 Å². The Bertz CT molecular complexity index is 380. The van der Waals surface area contributed by atoms with E-state index in [2.05, 4.69) is 44.7 Å². The van der Waals surface area contributed by atoms with Gasteiger partial charge in [0, 0.05) is 12.3 Å². The molecule has 1 rings (SSSR count). The predicted octanol–water partition coefficient (Wildman–Crippen LogP) is 4.24. The van der Waals surface area contributed by atoms with Crippen LogP contribution in [0.1, 0.15) is 45.6 Å². The van der Waals surface area contributed by atoms with Gasteiger partial charge in [0.05, 0.1) is 6.61 Å². The largest absolute Gasteiger partial charge is 0.494 e. The van der Waals surface area contributed by atoms with Crippen LogP contribution in [0.5, 0.6) is 5.75 Å². The molecule has 0 aliphatic rings. The maximum Gasteiger partial charge on any atom is 0.119 e. The molecule has 1 heteroatoms. The summed E-state index contributed by atoms with van der Waals surface area (Å²) in [6.07, 6.45) is 0.931. The van der Waals surface area contributed by atoms with E-state index in [-0.39, 0.29) is 0 Å². The molecule has 0 saturated carbocycles. The standard InChI is InChI=1S/C16H22O/c1-5-7-8-13(3)14(4)15-9-11-16(12-10-15)17-6-2/h9-14H,5-6H2,1-4H3. The quantitative estimate of drug-likeness (QED) is 0.703. The van der Waals surface area contributed by atoms with Gasteiger partial charge in [-0.25, -0.2) is 0 Å². The molecule has 0 amide bonds. The fraction of sp³-hybridized carbons (Fsp3) is 0.500. The summed E-state index contributed by atoms with van der Waals surface area (Å²) in [5.74, 6) is 8.24. The normalized spacial score (nSPS) is 13.4. The third-order valence-electron chi connectivity index (χ3n) is 2.97. The SMILES string of the molecule is CCC#CC(C)C(C)c1ccc(OCC)cc1. The van der Waals surface area contributed by atoms with Crippen molar-refractivity contribution in [3.8, 4) is 17.6 Å². The second kappa shape index (κ2) is 7.01. The summed E-state index contributed by atoms with van der Waals surface area (Å²) >= 11 is 0. The lowest BCUT2D eigenvalue weighted by Crippen LogP contribution is -2.04. The lowest BCUT2D eigenvalue weighted by atomic mass is 9.89. The van der Waals surface area contributed by atoms with Gasteiger partial charge in [-0.2, -0.15) is 0 Å². The van der Waals surface area contributed by atoms with E-state index in [4.69, 9.17) is 4.74 Å². The van der Waals surface area contributed by atoms with E-state index < -0.39 is 0 Å². The van der Waals surface area contributed by atoms with Gasteiger partial charge in [-0.05, 0) is 30.5 Å². The van der Waals surface area contributed by atoms with Crippen LogP contribution in [0.25, 0.3) is 0 Å². The highest BCUT2D eigenvalue weighted by Gasteiger charge is 2.11. The third-order valence-corrected chi connectivity index (χ3v) is 2.97. The van der Waals surface area contributed by atoms with Gasteiger partial charge in [-0.15, -0.1) is 5.92 Å². The molecule has 0 spiro atoms. The van der Waals surface area contributed by atoms with Crippen LogP contribution in [0.4, 0.5) is 0 Å². The first kappa shape index (κ1) is 13.6. The Balaban J connectivity index is 2.71. The van der Waals surface area contributed by atoms with E-state index in [0.29, 0.717) is 18.4 Å². The third kappa shape index (κ3) is 4.15. The zero-order valence-corrected chi connectivity index (χ0v) is 11.3. The first-order valence-corrected chi connectivity index (χ1v) is 6.40. The molecule has 0 aromatic heterocycles. The van der Waals surface area contributed by atoms with Gasteiger partial charge < -0.3 is 4.74 Å². The zero-order valence-electron chi connectivity index (χ0n) is 11.3. The van der Waals surface area contributed by atoms with Crippen molar-refractivity contribution >= 4 is 0 Å². The highest BCUT2D eigenvalue weighted by Crippen LogP contribution is 2.25. The van der Waals surface area contributed by atoms with Crippen LogP contribution in [0.15, 0.2) is 24.3 Å². The number of hydrogen-bond acceptors (Lipinski definition) is 1. The Hall–Kier alpha value is -1.42. The molecule has 0 N–H and O–H groups in total. The second-order valence-corrected chi connectivity index (χ2v) is 4.25. The van der Waals surface area contributed by atoms with Crippen LogP contribution < -0.4 is 4.74 Å². The molecule has 0 heterocycles. The fourth-order valence-electron chi connectivity index (χ4n) is 1.71. The van der Waals surface area contributed by atoms with Crippen LogP contribution >= 0.6 is 0 Å². The van der Waals surface area contributed by atoms with E-state index in [9.17, 15) is 0 Å². The van der Waals surface area contributed by atoms with Crippen molar-refractivity contribution in [3.63, 3.8) is 0 Å². The van der Waals surface area contributed by atoms with Gasteiger partial charge >= 0.3 is 0 Å². The van der Waals surface area contributed by atoms with Crippen molar-refractivity contribution in [1.29, 1.82) is 0 Å². The minimum Gasteiger partial charge on any atom is -0.494 e. The summed E-state index contributed by atoms with van der Waals surface area (Å²) < 4.78 is 5.44. The molecule has 0 bridgehead atoms. The molecule has 1 nitrogen and oxygen atoms in total.